The number of carbonyl (C=O) groups excluding carboxylic acids is 1. The van der Waals surface area contributed by atoms with E-state index in [0.29, 0.717) is 11.5 Å². The van der Waals surface area contributed by atoms with Gasteiger partial charge in [0.1, 0.15) is 0 Å². The Morgan fingerprint density at radius 1 is 1.04 bits per heavy atom. The molecule has 26 heavy (non-hydrogen) atoms. The lowest BCUT2D eigenvalue weighted by molar-refractivity contribution is 0.102. The molecule has 7 nitrogen and oxygen atoms in total. The summed E-state index contributed by atoms with van der Waals surface area (Å²) >= 11 is 0. The summed E-state index contributed by atoms with van der Waals surface area (Å²) in [6.07, 6.45) is 1.70. The van der Waals surface area contributed by atoms with Crippen LogP contribution in [0.3, 0.4) is 0 Å². The first-order valence-corrected chi connectivity index (χ1v) is 8.14. The largest absolute Gasteiger partial charge is 0.319 e. The van der Waals surface area contributed by atoms with Gasteiger partial charge in [0.25, 0.3) is 5.91 Å². The molecule has 0 atom stereocenters. The summed E-state index contributed by atoms with van der Waals surface area (Å²) in [6, 6.07) is 14.7. The van der Waals surface area contributed by atoms with E-state index in [4.69, 9.17) is 0 Å². The van der Waals surface area contributed by atoms with E-state index in [1.54, 1.807) is 23.0 Å². The van der Waals surface area contributed by atoms with Gasteiger partial charge in [-0.3, -0.25) is 9.78 Å². The molecule has 1 aromatic carbocycles. The first kappa shape index (κ1) is 15.9. The maximum absolute atomic E-state index is 12.5. The highest BCUT2D eigenvalue weighted by molar-refractivity contribution is 6.07. The predicted molar refractivity (Wildman–Crippen MR) is 98.3 cm³/mol. The van der Waals surface area contributed by atoms with Crippen molar-refractivity contribution in [3.05, 3.63) is 71.8 Å². The number of carbonyl (C=O) groups is 1. The minimum atomic E-state index is -0.337. The normalized spacial score (nSPS) is 10.8. The number of aryl methyl sites for hydroxylation is 2. The zero-order valence-electron chi connectivity index (χ0n) is 14.3. The highest BCUT2D eigenvalue weighted by Gasteiger charge is 2.12. The molecule has 0 aliphatic rings. The molecule has 1 N–H and O–H groups in total. The minimum Gasteiger partial charge on any atom is -0.319 e. The molecule has 0 saturated heterocycles. The second-order valence-electron chi connectivity index (χ2n) is 5.95. The number of anilines is 1. The predicted octanol–water partition coefficient (Wildman–Crippen LogP) is 3.08. The Morgan fingerprint density at radius 3 is 2.62 bits per heavy atom. The number of amides is 1. The second-order valence-corrected chi connectivity index (χ2v) is 5.95. The maximum Gasteiger partial charge on any atom is 0.276 e. The lowest BCUT2D eigenvalue weighted by Crippen LogP contribution is -2.15. The van der Waals surface area contributed by atoms with Crippen LogP contribution in [0.5, 0.6) is 0 Å². The van der Waals surface area contributed by atoms with Crippen LogP contribution in [0.2, 0.25) is 0 Å². The SMILES string of the molecule is Cc1cc(C)n(-c2ccc(C(=O)Nc3cccc4cccnc34)nn2)n1. The van der Waals surface area contributed by atoms with Crippen molar-refractivity contribution >= 4 is 22.5 Å². The Hall–Kier alpha value is -3.61. The third kappa shape index (κ3) is 2.90. The Kier molecular flexibility index (Phi) is 3.89. The number of hydrogen-bond donors (Lipinski definition) is 1. The summed E-state index contributed by atoms with van der Waals surface area (Å²) in [5.41, 5.74) is 3.45. The van der Waals surface area contributed by atoms with Crippen LogP contribution >= 0.6 is 0 Å². The van der Waals surface area contributed by atoms with E-state index in [1.807, 2.05) is 50.2 Å². The molecular formula is C19H16N6O. The molecule has 128 valence electrons. The smallest absolute Gasteiger partial charge is 0.276 e. The summed E-state index contributed by atoms with van der Waals surface area (Å²) in [5, 5.41) is 16.3. The maximum atomic E-state index is 12.5. The molecule has 4 rings (SSSR count). The molecular weight excluding hydrogens is 328 g/mol. The van der Waals surface area contributed by atoms with Gasteiger partial charge in [-0.05, 0) is 44.2 Å². The van der Waals surface area contributed by atoms with Crippen LogP contribution in [0, 0.1) is 13.8 Å². The topological polar surface area (TPSA) is 85.6 Å². The van der Waals surface area contributed by atoms with Crippen molar-refractivity contribution in [2.75, 3.05) is 5.32 Å². The van der Waals surface area contributed by atoms with Gasteiger partial charge in [0.2, 0.25) is 0 Å². The zero-order chi connectivity index (χ0) is 18.1. The van der Waals surface area contributed by atoms with Gasteiger partial charge in [-0.25, -0.2) is 4.68 Å². The standard InChI is InChI=1S/C19H16N6O/c1-12-11-13(2)25(24-12)17-9-8-16(22-23-17)19(26)21-15-7-3-5-14-6-4-10-20-18(14)15/h3-11H,1-2H3,(H,21,26). The van der Waals surface area contributed by atoms with Gasteiger partial charge < -0.3 is 5.32 Å². The fourth-order valence-corrected chi connectivity index (χ4v) is 2.81. The van der Waals surface area contributed by atoms with Gasteiger partial charge in [-0.2, -0.15) is 5.10 Å². The molecule has 3 aromatic heterocycles. The summed E-state index contributed by atoms with van der Waals surface area (Å²) in [7, 11) is 0. The van der Waals surface area contributed by atoms with Crippen LogP contribution in [0.25, 0.3) is 16.7 Å². The van der Waals surface area contributed by atoms with Crippen LogP contribution in [0.15, 0.2) is 54.7 Å². The fourth-order valence-electron chi connectivity index (χ4n) is 2.81. The Bertz CT molecular complexity index is 1100. The van der Waals surface area contributed by atoms with Crippen molar-refractivity contribution in [1.82, 2.24) is 25.0 Å². The summed E-state index contributed by atoms with van der Waals surface area (Å²) in [4.78, 5) is 16.8. The Balaban J connectivity index is 1.59. The number of nitrogens with one attached hydrogen (secondary N) is 1. The van der Waals surface area contributed by atoms with Crippen LogP contribution in [0.4, 0.5) is 5.69 Å². The lowest BCUT2D eigenvalue weighted by atomic mass is 10.2. The van der Waals surface area contributed by atoms with Gasteiger partial charge in [-0.15, -0.1) is 10.2 Å². The van der Waals surface area contributed by atoms with Crippen molar-refractivity contribution in [2.45, 2.75) is 13.8 Å². The molecule has 0 aliphatic carbocycles. The number of hydrogen-bond acceptors (Lipinski definition) is 5. The Labute approximate surface area is 149 Å². The highest BCUT2D eigenvalue weighted by Crippen LogP contribution is 2.21. The number of benzene rings is 1. The highest BCUT2D eigenvalue weighted by atomic mass is 16.1. The van der Waals surface area contributed by atoms with Crippen LogP contribution in [0.1, 0.15) is 21.9 Å². The number of aromatic nitrogens is 5. The molecule has 4 aromatic rings. The molecule has 7 heteroatoms. The van der Waals surface area contributed by atoms with E-state index in [9.17, 15) is 4.79 Å². The third-order valence-corrected chi connectivity index (χ3v) is 3.99. The molecule has 0 spiro atoms. The summed E-state index contributed by atoms with van der Waals surface area (Å²) < 4.78 is 1.69. The van der Waals surface area contributed by atoms with Crippen LogP contribution in [-0.2, 0) is 0 Å². The van der Waals surface area contributed by atoms with E-state index in [-0.39, 0.29) is 11.6 Å². The van der Waals surface area contributed by atoms with Gasteiger partial charge >= 0.3 is 0 Å². The van der Waals surface area contributed by atoms with E-state index in [0.717, 1.165) is 22.3 Å². The quantitative estimate of drug-likeness (QED) is 0.617. The second kappa shape index (κ2) is 6.36. The van der Waals surface area contributed by atoms with Crippen molar-refractivity contribution in [3.8, 4) is 5.82 Å². The van der Waals surface area contributed by atoms with Crippen molar-refractivity contribution in [2.24, 2.45) is 0 Å². The van der Waals surface area contributed by atoms with E-state index in [1.165, 1.54) is 0 Å². The molecule has 1 amide bonds. The third-order valence-electron chi connectivity index (χ3n) is 3.99. The molecule has 0 aliphatic heterocycles. The molecule has 0 unspecified atom stereocenters. The summed E-state index contributed by atoms with van der Waals surface area (Å²) in [6.45, 7) is 3.85. The van der Waals surface area contributed by atoms with E-state index < -0.39 is 0 Å². The van der Waals surface area contributed by atoms with E-state index >= 15 is 0 Å². The summed E-state index contributed by atoms with van der Waals surface area (Å²) in [5.74, 6) is 0.231. The number of para-hydroxylation sites is 1. The van der Waals surface area contributed by atoms with Gasteiger partial charge in [-0.1, -0.05) is 18.2 Å². The van der Waals surface area contributed by atoms with Gasteiger partial charge in [0.05, 0.1) is 16.9 Å². The monoisotopic (exact) mass is 344 g/mol. The molecule has 3 heterocycles. The Morgan fingerprint density at radius 2 is 1.88 bits per heavy atom. The minimum absolute atomic E-state index is 0.225. The first-order chi connectivity index (χ1) is 12.6. The number of fused-ring (bicyclic) bond motifs is 1. The average molecular weight is 344 g/mol. The number of pyridine rings is 1. The number of nitrogens with zero attached hydrogens (tertiary/aromatic N) is 5. The zero-order valence-corrected chi connectivity index (χ0v) is 14.3. The van der Waals surface area contributed by atoms with Crippen molar-refractivity contribution in [3.63, 3.8) is 0 Å². The molecule has 0 bridgehead atoms. The molecule has 0 saturated carbocycles. The van der Waals surface area contributed by atoms with Crippen LogP contribution < -0.4 is 5.32 Å². The van der Waals surface area contributed by atoms with Crippen molar-refractivity contribution in [1.29, 1.82) is 0 Å². The van der Waals surface area contributed by atoms with Gasteiger partial charge in [0.15, 0.2) is 11.5 Å². The number of rotatable bonds is 3. The van der Waals surface area contributed by atoms with Crippen LogP contribution in [-0.4, -0.2) is 30.9 Å². The van der Waals surface area contributed by atoms with Gasteiger partial charge in [0, 0.05) is 17.3 Å². The van der Waals surface area contributed by atoms with Crippen molar-refractivity contribution < 1.29 is 4.79 Å². The fraction of sp³-hybridized carbons (Fsp3) is 0.105. The van der Waals surface area contributed by atoms with E-state index in [2.05, 4.69) is 25.6 Å². The lowest BCUT2D eigenvalue weighted by Gasteiger charge is -2.08. The molecule has 0 fully saturated rings. The average Bonchev–Trinajstić information content (AvgIpc) is 3.00. The first-order valence-electron chi connectivity index (χ1n) is 8.14. The molecule has 0 radical (unpaired) electrons.